The smallest absolute Gasteiger partial charge is 0.328 e. The van der Waals surface area contributed by atoms with E-state index in [1.165, 1.54) is 0 Å². The Morgan fingerprint density at radius 3 is 2.44 bits per heavy atom. The zero-order valence-electron chi connectivity index (χ0n) is 18.9. The predicted octanol–water partition coefficient (Wildman–Crippen LogP) is 5.50. The van der Waals surface area contributed by atoms with Gasteiger partial charge in [-0.2, -0.15) is 5.26 Å². The first-order chi connectivity index (χ1) is 15.2. The highest BCUT2D eigenvalue weighted by Gasteiger charge is 2.18. The molecule has 1 heterocycles. The van der Waals surface area contributed by atoms with Crippen LogP contribution in [0.15, 0.2) is 71.5 Å². The van der Waals surface area contributed by atoms with Crippen molar-refractivity contribution >= 4 is 11.0 Å². The summed E-state index contributed by atoms with van der Waals surface area (Å²) < 4.78 is 9.54. The number of imidazole rings is 1. The molecule has 3 aromatic carbocycles. The van der Waals surface area contributed by atoms with E-state index in [-0.39, 0.29) is 11.1 Å². The lowest BCUT2D eigenvalue weighted by atomic mass is 9.97. The molecule has 0 saturated carbocycles. The maximum atomic E-state index is 12.8. The second kappa shape index (κ2) is 8.39. The highest BCUT2D eigenvalue weighted by atomic mass is 16.5. The van der Waals surface area contributed by atoms with Crippen molar-refractivity contribution in [3.8, 4) is 22.9 Å². The van der Waals surface area contributed by atoms with Gasteiger partial charge < -0.3 is 4.74 Å². The molecule has 0 atom stereocenters. The number of aryl methyl sites for hydroxylation is 1. The fourth-order valence-electron chi connectivity index (χ4n) is 3.88. The van der Waals surface area contributed by atoms with Gasteiger partial charge in [0.1, 0.15) is 12.4 Å². The van der Waals surface area contributed by atoms with E-state index in [4.69, 9.17) is 10.00 Å². The van der Waals surface area contributed by atoms with Crippen molar-refractivity contribution in [1.29, 1.82) is 5.26 Å². The van der Waals surface area contributed by atoms with Crippen molar-refractivity contribution in [2.75, 3.05) is 0 Å². The maximum absolute atomic E-state index is 12.8. The molecule has 0 aliphatic heterocycles. The van der Waals surface area contributed by atoms with Crippen molar-refractivity contribution in [2.24, 2.45) is 12.5 Å². The number of benzene rings is 3. The van der Waals surface area contributed by atoms with Crippen LogP contribution in [0.4, 0.5) is 0 Å². The van der Waals surface area contributed by atoms with Crippen molar-refractivity contribution in [1.82, 2.24) is 9.13 Å². The molecule has 0 saturated heterocycles. The molecular formula is C27H27N3O2. The van der Waals surface area contributed by atoms with Crippen LogP contribution in [-0.2, 0) is 20.2 Å². The van der Waals surface area contributed by atoms with Crippen LogP contribution in [-0.4, -0.2) is 9.13 Å². The van der Waals surface area contributed by atoms with Crippen LogP contribution in [0.2, 0.25) is 0 Å². The number of ether oxygens (including phenoxy) is 1. The molecule has 0 aliphatic carbocycles. The average molecular weight is 426 g/mol. The van der Waals surface area contributed by atoms with Gasteiger partial charge in [0, 0.05) is 13.6 Å². The second-order valence-corrected chi connectivity index (χ2v) is 9.32. The third-order valence-electron chi connectivity index (χ3n) is 5.41. The van der Waals surface area contributed by atoms with Crippen molar-refractivity contribution in [3.05, 3.63) is 88.3 Å². The zero-order valence-corrected chi connectivity index (χ0v) is 18.9. The number of rotatable bonds is 5. The quantitative estimate of drug-likeness (QED) is 0.424. The molecule has 0 spiro atoms. The summed E-state index contributed by atoms with van der Waals surface area (Å²) in [5, 5.41) is 9.06. The molecule has 5 nitrogen and oxygen atoms in total. The number of aromatic nitrogens is 2. The normalized spacial score (nSPS) is 11.5. The van der Waals surface area contributed by atoms with E-state index >= 15 is 0 Å². The lowest BCUT2D eigenvalue weighted by Crippen LogP contribution is -2.27. The van der Waals surface area contributed by atoms with Gasteiger partial charge in [-0.1, -0.05) is 51.1 Å². The Bertz CT molecular complexity index is 1380. The van der Waals surface area contributed by atoms with Gasteiger partial charge >= 0.3 is 5.69 Å². The number of fused-ring (bicyclic) bond motifs is 1. The number of nitrogens with zero attached hydrogens (tertiary/aromatic N) is 3. The molecule has 1 aromatic heterocycles. The molecule has 0 unspecified atom stereocenters. The fourth-order valence-corrected chi connectivity index (χ4v) is 3.88. The van der Waals surface area contributed by atoms with Gasteiger partial charge in [0.25, 0.3) is 0 Å². The van der Waals surface area contributed by atoms with Gasteiger partial charge in [0.05, 0.1) is 22.7 Å². The van der Waals surface area contributed by atoms with E-state index in [0.29, 0.717) is 18.7 Å². The van der Waals surface area contributed by atoms with Crippen molar-refractivity contribution in [3.63, 3.8) is 0 Å². The lowest BCUT2D eigenvalue weighted by molar-refractivity contribution is 0.306. The van der Waals surface area contributed by atoms with Crippen LogP contribution in [0.3, 0.4) is 0 Å². The summed E-state index contributed by atoms with van der Waals surface area (Å²) in [6.45, 7) is 7.46. The Balaban J connectivity index is 1.62. The molecule has 4 aromatic rings. The van der Waals surface area contributed by atoms with E-state index < -0.39 is 0 Å². The standard InChI is InChI=1S/C27H27N3O2/c1-27(2,3)18-30-24-12-11-22(15-25(24)29(4)26(30)31)21-9-6-10-23(14-21)32-17-20-8-5-7-19(13-20)16-28/h5-15H,17-18H2,1-4H3. The van der Waals surface area contributed by atoms with Gasteiger partial charge in [-0.3, -0.25) is 9.13 Å². The van der Waals surface area contributed by atoms with Gasteiger partial charge in [-0.05, 0) is 58.5 Å². The van der Waals surface area contributed by atoms with Crippen LogP contribution in [0.25, 0.3) is 22.2 Å². The first-order valence-electron chi connectivity index (χ1n) is 10.7. The first-order valence-corrected chi connectivity index (χ1v) is 10.7. The average Bonchev–Trinajstić information content (AvgIpc) is 3.01. The highest BCUT2D eigenvalue weighted by Crippen LogP contribution is 2.28. The minimum Gasteiger partial charge on any atom is -0.489 e. The third kappa shape index (κ3) is 4.45. The molecular weight excluding hydrogens is 398 g/mol. The summed E-state index contributed by atoms with van der Waals surface area (Å²) in [4.78, 5) is 12.8. The van der Waals surface area contributed by atoms with E-state index in [1.807, 2.05) is 60.1 Å². The SMILES string of the molecule is Cn1c(=O)n(CC(C)(C)C)c2ccc(-c3cccc(OCc4cccc(C#N)c4)c3)cc21. The molecule has 0 fully saturated rings. The second-order valence-electron chi connectivity index (χ2n) is 9.32. The van der Waals surface area contributed by atoms with E-state index in [1.54, 1.807) is 10.6 Å². The van der Waals surface area contributed by atoms with E-state index in [9.17, 15) is 4.79 Å². The monoisotopic (exact) mass is 425 g/mol. The van der Waals surface area contributed by atoms with Crippen molar-refractivity contribution in [2.45, 2.75) is 33.9 Å². The van der Waals surface area contributed by atoms with Crippen LogP contribution in [0.5, 0.6) is 5.75 Å². The summed E-state index contributed by atoms with van der Waals surface area (Å²) in [7, 11) is 1.82. The number of nitriles is 1. The Kier molecular flexibility index (Phi) is 5.63. The molecule has 0 bridgehead atoms. The summed E-state index contributed by atoms with van der Waals surface area (Å²) >= 11 is 0. The molecule has 5 heteroatoms. The minimum atomic E-state index is 0.00348. The molecule has 162 valence electrons. The Morgan fingerprint density at radius 1 is 0.938 bits per heavy atom. The van der Waals surface area contributed by atoms with E-state index in [2.05, 4.69) is 39.0 Å². The Labute approximate surface area is 188 Å². The third-order valence-corrected chi connectivity index (χ3v) is 5.41. The first kappa shape index (κ1) is 21.5. The summed E-state index contributed by atoms with van der Waals surface area (Å²) in [6, 6.07) is 23.6. The van der Waals surface area contributed by atoms with Gasteiger partial charge in [-0.15, -0.1) is 0 Å². The van der Waals surface area contributed by atoms with Gasteiger partial charge in [0.15, 0.2) is 0 Å². The summed E-state index contributed by atoms with van der Waals surface area (Å²) in [5.74, 6) is 0.754. The lowest BCUT2D eigenvalue weighted by Gasteiger charge is -2.18. The fraction of sp³-hybridized carbons (Fsp3) is 0.259. The summed E-state index contributed by atoms with van der Waals surface area (Å²) in [6.07, 6.45) is 0. The highest BCUT2D eigenvalue weighted by molar-refractivity contribution is 5.83. The van der Waals surface area contributed by atoms with E-state index in [0.717, 1.165) is 33.5 Å². The van der Waals surface area contributed by atoms with Crippen molar-refractivity contribution < 1.29 is 4.74 Å². The number of hydrogen-bond donors (Lipinski definition) is 0. The molecule has 0 N–H and O–H groups in total. The topological polar surface area (TPSA) is 59.9 Å². The molecule has 0 aliphatic rings. The van der Waals surface area contributed by atoms with Crippen LogP contribution >= 0.6 is 0 Å². The maximum Gasteiger partial charge on any atom is 0.328 e. The Morgan fingerprint density at radius 2 is 1.69 bits per heavy atom. The minimum absolute atomic E-state index is 0.00348. The molecule has 0 radical (unpaired) electrons. The molecule has 4 rings (SSSR count). The summed E-state index contributed by atoms with van der Waals surface area (Å²) in [5.41, 5.74) is 5.49. The van der Waals surface area contributed by atoms with Gasteiger partial charge in [-0.25, -0.2) is 4.79 Å². The largest absolute Gasteiger partial charge is 0.489 e. The molecule has 32 heavy (non-hydrogen) atoms. The predicted molar refractivity (Wildman–Crippen MR) is 128 cm³/mol. The molecule has 0 amide bonds. The van der Waals surface area contributed by atoms with Gasteiger partial charge in [0.2, 0.25) is 0 Å². The van der Waals surface area contributed by atoms with Crippen LogP contribution in [0, 0.1) is 16.7 Å². The Hall–Kier alpha value is -3.78. The number of hydrogen-bond acceptors (Lipinski definition) is 3. The van der Waals surface area contributed by atoms with Crippen LogP contribution < -0.4 is 10.4 Å². The van der Waals surface area contributed by atoms with Crippen LogP contribution in [0.1, 0.15) is 31.9 Å². The zero-order chi connectivity index (χ0) is 22.9.